The van der Waals surface area contributed by atoms with Gasteiger partial charge in [-0.25, -0.2) is 4.68 Å². The fraction of sp³-hybridized carbons (Fsp3) is 0.333. The fourth-order valence-electron chi connectivity index (χ4n) is 1.95. The molecule has 0 saturated heterocycles. The first-order valence-corrected chi connectivity index (χ1v) is 7.60. The Morgan fingerprint density at radius 2 is 2.10 bits per heavy atom. The predicted octanol–water partition coefficient (Wildman–Crippen LogP) is 2.33. The Kier molecular flexibility index (Phi) is 5.41. The molecule has 0 amide bonds. The number of rotatable bonds is 6. The van der Waals surface area contributed by atoms with Gasteiger partial charge < -0.3 is 9.84 Å². The molecule has 0 aliphatic rings. The van der Waals surface area contributed by atoms with Crippen molar-refractivity contribution in [1.82, 2.24) is 9.78 Å². The summed E-state index contributed by atoms with van der Waals surface area (Å²) in [6.45, 7) is 1.80. The number of esters is 1. The standard InChI is InChI=1S/C15H18N2O3S/c1-11-13(10-18)15(21-9-8-14(19)20-2)17(16-11)12-6-4-3-5-7-12/h3-7,18H,8-10H2,1-2H3. The van der Waals surface area contributed by atoms with Gasteiger partial charge in [-0.05, 0) is 19.1 Å². The number of methoxy groups -OCH3 is 1. The van der Waals surface area contributed by atoms with Crippen LogP contribution < -0.4 is 0 Å². The normalized spacial score (nSPS) is 10.6. The molecule has 5 nitrogen and oxygen atoms in total. The molecular weight excluding hydrogens is 288 g/mol. The predicted molar refractivity (Wildman–Crippen MR) is 81.6 cm³/mol. The van der Waals surface area contributed by atoms with Crippen LogP contribution in [-0.2, 0) is 16.1 Å². The van der Waals surface area contributed by atoms with E-state index in [0.29, 0.717) is 12.2 Å². The van der Waals surface area contributed by atoms with E-state index in [1.165, 1.54) is 18.9 Å². The number of para-hydroxylation sites is 1. The van der Waals surface area contributed by atoms with Crippen LogP contribution in [-0.4, -0.2) is 33.7 Å². The monoisotopic (exact) mass is 306 g/mol. The number of ether oxygens (including phenoxy) is 1. The molecule has 2 rings (SSSR count). The maximum absolute atomic E-state index is 11.2. The zero-order chi connectivity index (χ0) is 15.2. The van der Waals surface area contributed by atoms with Crippen molar-refractivity contribution in [2.24, 2.45) is 0 Å². The third-order valence-electron chi connectivity index (χ3n) is 3.07. The summed E-state index contributed by atoms with van der Waals surface area (Å²) in [7, 11) is 1.38. The summed E-state index contributed by atoms with van der Waals surface area (Å²) in [5, 5.41) is 14.9. The SMILES string of the molecule is COC(=O)CCSc1c(CO)c(C)nn1-c1ccccc1. The quantitative estimate of drug-likeness (QED) is 0.655. The molecule has 0 aliphatic heterocycles. The summed E-state index contributed by atoms with van der Waals surface area (Å²) >= 11 is 1.50. The zero-order valence-electron chi connectivity index (χ0n) is 12.1. The smallest absolute Gasteiger partial charge is 0.306 e. The van der Waals surface area contributed by atoms with Crippen LogP contribution in [0.4, 0.5) is 0 Å². The van der Waals surface area contributed by atoms with Gasteiger partial charge in [0.1, 0.15) is 5.03 Å². The molecule has 1 heterocycles. The number of hydrogen-bond acceptors (Lipinski definition) is 5. The molecule has 1 aromatic carbocycles. The molecule has 112 valence electrons. The van der Waals surface area contributed by atoms with E-state index >= 15 is 0 Å². The number of nitrogens with zero attached hydrogens (tertiary/aromatic N) is 2. The van der Waals surface area contributed by atoms with Crippen molar-refractivity contribution in [2.45, 2.75) is 25.0 Å². The van der Waals surface area contributed by atoms with E-state index in [4.69, 9.17) is 0 Å². The Hall–Kier alpha value is -1.79. The number of aromatic nitrogens is 2. The summed E-state index contributed by atoms with van der Waals surface area (Å²) in [6, 6.07) is 9.73. The van der Waals surface area contributed by atoms with Gasteiger partial charge in [-0.3, -0.25) is 4.79 Å². The van der Waals surface area contributed by atoms with Crippen LogP contribution in [0.1, 0.15) is 17.7 Å². The molecule has 0 fully saturated rings. The summed E-state index contributed by atoms with van der Waals surface area (Å²) in [5.41, 5.74) is 2.52. The number of carbonyl (C=O) groups is 1. The maximum Gasteiger partial charge on any atom is 0.306 e. The molecular formula is C15H18N2O3S. The molecule has 0 bridgehead atoms. The van der Waals surface area contributed by atoms with Crippen molar-refractivity contribution >= 4 is 17.7 Å². The third-order valence-corrected chi connectivity index (χ3v) is 4.17. The van der Waals surface area contributed by atoms with E-state index in [1.54, 1.807) is 0 Å². The lowest BCUT2D eigenvalue weighted by Gasteiger charge is -2.08. The number of hydrogen-bond donors (Lipinski definition) is 1. The highest BCUT2D eigenvalue weighted by Crippen LogP contribution is 2.28. The van der Waals surface area contributed by atoms with Crippen molar-refractivity contribution in [3.63, 3.8) is 0 Å². The highest BCUT2D eigenvalue weighted by Gasteiger charge is 2.16. The lowest BCUT2D eigenvalue weighted by atomic mass is 10.3. The van der Waals surface area contributed by atoms with Gasteiger partial charge in [0.05, 0.1) is 31.5 Å². The van der Waals surface area contributed by atoms with Crippen molar-refractivity contribution in [3.8, 4) is 5.69 Å². The summed E-state index contributed by atoms with van der Waals surface area (Å²) in [6.07, 6.45) is 0.324. The van der Waals surface area contributed by atoms with Crippen LogP contribution in [0.3, 0.4) is 0 Å². The second-order valence-electron chi connectivity index (χ2n) is 4.45. The molecule has 0 radical (unpaired) electrons. The second kappa shape index (κ2) is 7.28. The highest BCUT2D eigenvalue weighted by atomic mass is 32.2. The minimum Gasteiger partial charge on any atom is -0.469 e. The van der Waals surface area contributed by atoms with Crippen LogP contribution >= 0.6 is 11.8 Å². The van der Waals surface area contributed by atoms with Gasteiger partial charge in [-0.2, -0.15) is 5.10 Å². The van der Waals surface area contributed by atoms with Gasteiger partial charge in [-0.1, -0.05) is 18.2 Å². The molecule has 6 heteroatoms. The van der Waals surface area contributed by atoms with Gasteiger partial charge in [0.25, 0.3) is 0 Å². The minimum absolute atomic E-state index is 0.0702. The topological polar surface area (TPSA) is 64.3 Å². The van der Waals surface area contributed by atoms with Crippen LogP contribution in [0, 0.1) is 6.92 Å². The highest BCUT2D eigenvalue weighted by molar-refractivity contribution is 7.99. The average molecular weight is 306 g/mol. The fourth-order valence-corrected chi connectivity index (χ4v) is 3.06. The van der Waals surface area contributed by atoms with Crippen molar-refractivity contribution < 1.29 is 14.6 Å². The van der Waals surface area contributed by atoms with Crippen LogP contribution in [0.2, 0.25) is 0 Å². The number of aliphatic hydroxyl groups excluding tert-OH is 1. The van der Waals surface area contributed by atoms with E-state index in [1.807, 2.05) is 41.9 Å². The first-order valence-electron chi connectivity index (χ1n) is 6.61. The van der Waals surface area contributed by atoms with Gasteiger partial charge >= 0.3 is 5.97 Å². The van der Waals surface area contributed by atoms with Crippen LogP contribution in [0.5, 0.6) is 0 Å². The van der Waals surface area contributed by atoms with E-state index in [-0.39, 0.29) is 12.6 Å². The van der Waals surface area contributed by atoms with Crippen molar-refractivity contribution in [3.05, 3.63) is 41.6 Å². The van der Waals surface area contributed by atoms with E-state index in [2.05, 4.69) is 9.84 Å². The summed E-state index contributed by atoms with van der Waals surface area (Å²) in [4.78, 5) is 11.2. The Labute approximate surface area is 127 Å². The number of aryl methyl sites for hydroxylation is 1. The lowest BCUT2D eigenvalue weighted by molar-refractivity contribution is -0.140. The molecule has 0 spiro atoms. The van der Waals surface area contributed by atoms with Crippen LogP contribution in [0.25, 0.3) is 5.69 Å². The minimum atomic E-state index is -0.240. The number of carbonyl (C=O) groups excluding carboxylic acids is 1. The first kappa shape index (κ1) is 15.6. The molecule has 21 heavy (non-hydrogen) atoms. The van der Waals surface area contributed by atoms with Crippen molar-refractivity contribution in [2.75, 3.05) is 12.9 Å². The Morgan fingerprint density at radius 3 is 2.71 bits per heavy atom. The van der Waals surface area contributed by atoms with E-state index in [0.717, 1.165) is 22.0 Å². The molecule has 0 saturated carbocycles. The molecule has 1 N–H and O–H groups in total. The summed E-state index contributed by atoms with van der Waals surface area (Å²) in [5.74, 6) is 0.341. The molecule has 0 unspecified atom stereocenters. The zero-order valence-corrected chi connectivity index (χ0v) is 12.9. The summed E-state index contributed by atoms with van der Waals surface area (Å²) < 4.78 is 6.45. The molecule has 1 aromatic heterocycles. The van der Waals surface area contributed by atoms with Gasteiger partial charge in [-0.15, -0.1) is 11.8 Å². The van der Waals surface area contributed by atoms with Crippen LogP contribution in [0.15, 0.2) is 35.4 Å². The van der Waals surface area contributed by atoms with Gasteiger partial charge in [0, 0.05) is 11.3 Å². The maximum atomic E-state index is 11.2. The van der Waals surface area contributed by atoms with Gasteiger partial charge in [0.15, 0.2) is 0 Å². The van der Waals surface area contributed by atoms with Gasteiger partial charge in [0.2, 0.25) is 0 Å². The number of benzene rings is 1. The van der Waals surface area contributed by atoms with E-state index in [9.17, 15) is 9.90 Å². The lowest BCUT2D eigenvalue weighted by Crippen LogP contribution is -2.03. The molecule has 2 aromatic rings. The first-order chi connectivity index (χ1) is 10.2. The molecule has 0 aliphatic carbocycles. The van der Waals surface area contributed by atoms with E-state index < -0.39 is 0 Å². The average Bonchev–Trinajstić information content (AvgIpc) is 2.83. The third kappa shape index (κ3) is 3.65. The Bertz CT molecular complexity index is 611. The Morgan fingerprint density at radius 1 is 1.38 bits per heavy atom. The largest absolute Gasteiger partial charge is 0.469 e. The second-order valence-corrected chi connectivity index (χ2v) is 5.53. The number of aliphatic hydroxyl groups is 1. The molecule has 0 atom stereocenters. The Balaban J connectivity index is 2.27. The van der Waals surface area contributed by atoms with Crippen molar-refractivity contribution in [1.29, 1.82) is 0 Å². The number of thioether (sulfide) groups is 1.